The molecule has 0 bridgehead atoms. The van der Waals surface area contributed by atoms with Crippen molar-refractivity contribution in [2.75, 3.05) is 13.6 Å². The Labute approximate surface area is 105 Å². The zero-order valence-electron chi connectivity index (χ0n) is 9.83. The second-order valence-corrected chi connectivity index (χ2v) is 4.17. The minimum atomic E-state index is 0.477. The van der Waals surface area contributed by atoms with Crippen LogP contribution in [0.4, 0.5) is 0 Å². The molecular weight excluding hydrogens is 238 g/mol. The third-order valence-corrected chi connectivity index (χ3v) is 2.98. The van der Waals surface area contributed by atoms with Crippen molar-refractivity contribution in [1.82, 2.24) is 15.5 Å². The fourth-order valence-electron chi connectivity index (χ4n) is 1.51. The number of aromatic nitrogens is 2. The smallest absolute Gasteiger partial charge is 0.249 e. The number of benzene rings is 1. The van der Waals surface area contributed by atoms with Crippen molar-refractivity contribution in [3.63, 3.8) is 0 Å². The van der Waals surface area contributed by atoms with Crippen LogP contribution < -0.4 is 5.32 Å². The minimum Gasteiger partial charge on any atom is -0.421 e. The second kappa shape index (κ2) is 5.29. The van der Waals surface area contributed by atoms with Gasteiger partial charge in [-0.25, -0.2) is 0 Å². The fourth-order valence-corrected chi connectivity index (χ4v) is 1.71. The molecule has 0 unspecified atom stereocenters. The Balaban J connectivity index is 2.27. The summed E-state index contributed by atoms with van der Waals surface area (Å²) in [4.78, 5) is 0. The van der Waals surface area contributed by atoms with Crippen LogP contribution in [0, 0.1) is 6.92 Å². The molecule has 1 N–H and O–H groups in total. The van der Waals surface area contributed by atoms with E-state index in [2.05, 4.69) is 15.5 Å². The molecule has 0 spiro atoms. The Kier molecular flexibility index (Phi) is 3.76. The van der Waals surface area contributed by atoms with E-state index in [1.807, 2.05) is 32.2 Å². The number of likely N-dealkylation sites (N-methyl/N-ethyl adjacent to an activating group) is 1. The van der Waals surface area contributed by atoms with E-state index in [1.54, 1.807) is 0 Å². The van der Waals surface area contributed by atoms with Crippen molar-refractivity contribution in [2.24, 2.45) is 0 Å². The molecule has 0 radical (unpaired) electrons. The molecule has 90 valence electrons. The van der Waals surface area contributed by atoms with Gasteiger partial charge in [0.15, 0.2) is 0 Å². The fraction of sp³-hybridized carbons (Fsp3) is 0.333. The number of hydrogen-bond donors (Lipinski definition) is 1. The molecule has 0 atom stereocenters. The molecule has 0 saturated carbocycles. The summed E-state index contributed by atoms with van der Waals surface area (Å²) in [5.74, 6) is 1.09. The van der Waals surface area contributed by atoms with Crippen LogP contribution in [0.1, 0.15) is 11.5 Å². The summed E-state index contributed by atoms with van der Waals surface area (Å²) in [7, 11) is 1.88. The van der Waals surface area contributed by atoms with Gasteiger partial charge in [0.2, 0.25) is 11.8 Å². The first kappa shape index (κ1) is 12.1. The summed E-state index contributed by atoms with van der Waals surface area (Å²) >= 11 is 6.20. The highest BCUT2D eigenvalue weighted by Gasteiger charge is 2.12. The van der Waals surface area contributed by atoms with Crippen molar-refractivity contribution in [2.45, 2.75) is 13.3 Å². The van der Waals surface area contributed by atoms with E-state index < -0.39 is 0 Å². The Morgan fingerprint density at radius 3 is 2.94 bits per heavy atom. The summed E-state index contributed by atoms with van der Waals surface area (Å²) < 4.78 is 5.56. The van der Waals surface area contributed by atoms with E-state index in [-0.39, 0.29) is 0 Å². The third-order valence-electron chi connectivity index (χ3n) is 2.48. The zero-order valence-corrected chi connectivity index (χ0v) is 10.6. The van der Waals surface area contributed by atoms with Crippen LogP contribution in [0.3, 0.4) is 0 Å². The van der Waals surface area contributed by atoms with Gasteiger partial charge in [-0.05, 0) is 25.6 Å². The van der Waals surface area contributed by atoms with Gasteiger partial charge in [0.1, 0.15) is 0 Å². The van der Waals surface area contributed by atoms with E-state index in [1.165, 1.54) is 0 Å². The Morgan fingerprint density at radius 2 is 2.18 bits per heavy atom. The lowest BCUT2D eigenvalue weighted by Crippen LogP contribution is -2.10. The van der Waals surface area contributed by atoms with E-state index in [9.17, 15) is 0 Å². The molecule has 4 nitrogen and oxygen atoms in total. The predicted octanol–water partition coefficient (Wildman–Crippen LogP) is 2.46. The van der Waals surface area contributed by atoms with Crippen molar-refractivity contribution in [3.8, 4) is 11.5 Å². The van der Waals surface area contributed by atoms with Gasteiger partial charge in [-0.1, -0.05) is 23.7 Å². The topological polar surface area (TPSA) is 51.0 Å². The molecule has 1 aromatic carbocycles. The maximum absolute atomic E-state index is 6.20. The highest BCUT2D eigenvalue weighted by Crippen LogP contribution is 2.29. The maximum atomic E-state index is 6.20. The molecule has 1 heterocycles. The summed E-state index contributed by atoms with van der Waals surface area (Å²) in [6.07, 6.45) is 0.715. The molecule has 0 saturated heterocycles. The van der Waals surface area contributed by atoms with Crippen LogP contribution >= 0.6 is 11.6 Å². The van der Waals surface area contributed by atoms with Gasteiger partial charge >= 0.3 is 0 Å². The molecule has 0 amide bonds. The molecule has 5 heteroatoms. The van der Waals surface area contributed by atoms with Gasteiger partial charge in [-0.15, -0.1) is 10.2 Å². The summed E-state index contributed by atoms with van der Waals surface area (Å²) in [5, 5.41) is 11.7. The van der Waals surface area contributed by atoms with Gasteiger partial charge < -0.3 is 9.73 Å². The predicted molar refractivity (Wildman–Crippen MR) is 67.1 cm³/mol. The molecule has 2 rings (SSSR count). The highest BCUT2D eigenvalue weighted by molar-refractivity contribution is 6.33. The lowest BCUT2D eigenvalue weighted by atomic mass is 10.1. The quantitative estimate of drug-likeness (QED) is 0.907. The van der Waals surface area contributed by atoms with Crippen molar-refractivity contribution >= 4 is 11.6 Å². The first-order valence-electron chi connectivity index (χ1n) is 5.45. The number of rotatable bonds is 4. The normalized spacial score (nSPS) is 10.8. The molecule has 0 aliphatic rings. The molecule has 1 aromatic heterocycles. The average molecular weight is 252 g/mol. The lowest BCUT2D eigenvalue weighted by Gasteiger charge is -2.01. The number of nitrogens with one attached hydrogen (secondary N) is 1. The van der Waals surface area contributed by atoms with Crippen molar-refractivity contribution in [3.05, 3.63) is 34.7 Å². The molecular formula is C12H14ClN3O. The van der Waals surface area contributed by atoms with Crippen LogP contribution in [0.2, 0.25) is 5.02 Å². The van der Waals surface area contributed by atoms with E-state index in [4.69, 9.17) is 16.0 Å². The molecule has 17 heavy (non-hydrogen) atoms. The number of hydrogen-bond acceptors (Lipinski definition) is 4. The van der Waals surface area contributed by atoms with E-state index >= 15 is 0 Å². The van der Waals surface area contributed by atoms with Gasteiger partial charge in [0.05, 0.1) is 10.6 Å². The van der Waals surface area contributed by atoms with Crippen LogP contribution in [0.15, 0.2) is 22.6 Å². The largest absolute Gasteiger partial charge is 0.421 e. The zero-order chi connectivity index (χ0) is 12.3. The summed E-state index contributed by atoms with van der Waals surface area (Å²) in [5.41, 5.74) is 1.79. The first-order valence-corrected chi connectivity index (χ1v) is 5.82. The summed E-state index contributed by atoms with van der Waals surface area (Å²) in [6.45, 7) is 2.76. The Morgan fingerprint density at radius 1 is 1.35 bits per heavy atom. The van der Waals surface area contributed by atoms with Crippen LogP contribution in [-0.4, -0.2) is 23.8 Å². The maximum Gasteiger partial charge on any atom is 0.249 e. The van der Waals surface area contributed by atoms with Gasteiger partial charge in [0.25, 0.3) is 0 Å². The first-order chi connectivity index (χ1) is 8.22. The van der Waals surface area contributed by atoms with Crippen LogP contribution in [0.5, 0.6) is 0 Å². The standard InChI is InChI=1S/C12H14ClN3O/c1-8-4-3-5-9(11(8)13)12-16-15-10(17-12)6-7-14-2/h3-5,14H,6-7H2,1-2H3. The summed E-state index contributed by atoms with van der Waals surface area (Å²) in [6, 6.07) is 5.75. The monoisotopic (exact) mass is 251 g/mol. The number of nitrogens with zero attached hydrogens (tertiary/aromatic N) is 2. The third kappa shape index (κ3) is 2.65. The van der Waals surface area contributed by atoms with Crippen LogP contribution in [-0.2, 0) is 6.42 Å². The minimum absolute atomic E-state index is 0.477. The van der Waals surface area contributed by atoms with E-state index in [0.29, 0.717) is 23.2 Å². The Bertz CT molecular complexity index is 510. The van der Waals surface area contributed by atoms with Crippen molar-refractivity contribution < 1.29 is 4.42 Å². The van der Waals surface area contributed by atoms with Gasteiger partial charge in [-0.2, -0.15) is 0 Å². The average Bonchev–Trinajstić information content (AvgIpc) is 2.78. The molecule has 0 fully saturated rings. The number of aryl methyl sites for hydroxylation is 1. The highest BCUT2D eigenvalue weighted by atomic mass is 35.5. The van der Waals surface area contributed by atoms with Gasteiger partial charge in [-0.3, -0.25) is 0 Å². The molecule has 0 aliphatic carbocycles. The van der Waals surface area contributed by atoms with E-state index in [0.717, 1.165) is 17.7 Å². The van der Waals surface area contributed by atoms with Gasteiger partial charge in [0, 0.05) is 13.0 Å². The lowest BCUT2D eigenvalue weighted by molar-refractivity contribution is 0.500. The van der Waals surface area contributed by atoms with Crippen LogP contribution in [0.25, 0.3) is 11.5 Å². The molecule has 0 aliphatic heterocycles. The Hall–Kier alpha value is -1.39. The SMILES string of the molecule is CNCCc1nnc(-c2cccc(C)c2Cl)o1. The van der Waals surface area contributed by atoms with Crippen molar-refractivity contribution in [1.29, 1.82) is 0 Å². The number of halogens is 1. The molecule has 2 aromatic rings. The second-order valence-electron chi connectivity index (χ2n) is 3.79.